The van der Waals surface area contributed by atoms with Crippen LogP contribution in [0.1, 0.15) is 45.1 Å². The molecule has 32 heavy (non-hydrogen) atoms. The smallest absolute Gasteiger partial charge is 0.319 e. The standard InChI is InChI=1S/C26H30N2O2S2/c1-3-4-5-9-16-31-26-27-17-23(18-28-26)22-12-14-24(15-13-22)32-20(2)25(29)30-19-21-10-7-6-8-11-21/h6-8,10-15,17-18,20H,3-5,9,16,19H2,1-2H3/t20-/m1/s1. The Morgan fingerprint density at radius 2 is 1.66 bits per heavy atom. The number of rotatable bonds is 12. The number of thioether (sulfide) groups is 2. The van der Waals surface area contributed by atoms with Crippen molar-refractivity contribution in [3.63, 3.8) is 0 Å². The van der Waals surface area contributed by atoms with E-state index in [-0.39, 0.29) is 11.2 Å². The first-order valence-electron chi connectivity index (χ1n) is 11.1. The molecule has 0 N–H and O–H groups in total. The summed E-state index contributed by atoms with van der Waals surface area (Å²) in [6.07, 6.45) is 8.79. The molecule has 0 fully saturated rings. The van der Waals surface area contributed by atoms with E-state index in [2.05, 4.69) is 16.9 Å². The molecule has 2 aromatic carbocycles. The molecule has 3 aromatic rings. The molecule has 0 bridgehead atoms. The summed E-state index contributed by atoms with van der Waals surface area (Å²) < 4.78 is 5.44. The Morgan fingerprint density at radius 1 is 0.938 bits per heavy atom. The Morgan fingerprint density at radius 3 is 2.34 bits per heavy atom. The van der Waals surface area contributed by atoms with E-state index in [4.69, 9.17) is 4.74 Å². The van der Waals surface area contributed by atoms with Gasteiger partial charge >= 0.3 is 5.97 Å². The molecule has 168 valence electrons. The van der Waals surface area contributed by atoms with E-state index in [1.54, 1.807) is 11.8 Å². The molecular formula is C26H30N2O2S2. The first-order chi connectivity index (χ1) is 15.7. The van der Waals surface area contributed by atoms with Crippen LogP contribution in [0.2, 0.25) is 0 Å². The lowest BCUT2D eigenvalue weighted by atomic mass is 10.1. The van der Waals surface area contributed by atoms with Gasteiger partial charge in [-0.25, -0.2) is 9.97 Å². The normalized spacial score (nSPS) is 11.8. The van der Waals surface area contributed by atoms with E-state index < -0.39 is 0 Å². The quantitative estimate of drug-likeness (QED) is 0.123. The van der Waals surface area contributed by atoms with Crippen LogP contribution in [0.15, 0.2) is 77.0 Å². The van der Waals surface area contributed by atoms with E-state index in [0.717, 1.165) is 32.5 Å². The molecule has 0 aliphatic carbocycles. The third-order valence-corrected chi connectivity index (χ3v) is 6.97. The Kier molecular flexibility index (Phi) is 10.1. The molecule has 0 amide bonds. The molecule has 1 aromatic heterocycles. The van der Waals surface area contributed by atoms with Crippen molar-refractivity contribution in [3.8, 4) is 11.1 Å². The second-order valence-corrected chi connectivity index (χ2v) is 10.0. The maximum absolute atomic E-state index is 12.3. The van der Waals surface area contributed by atoms with Crippen LogP contribution in [-0.4, -0.2) is 26.9 Å². The Hall–Kier alpha value is -2.31. The lowest BCUT2D eigenvalue weighted by molar-refractivity contribution is -0.143. The monoisotopic (exact) mass is 466 g/mol. The largest absolute Gasteiger partial charge is 0.460 e. The number of hydrogen-bond donors (Lipinski definition) is 0. The van der Waals surface area contributed by atoms with Crippen molar-refractivity contribution in [2.24, 2.45) is 0 Å². The van der Waals surface area contributed by atoms with Crippen molar-refractivity contribution in [1.82, 2.24) is 9.97 Å². The summed E-state index contributed by atoms with van der Waals surface area (Å²) in [6, 6.07) is 17.9. The number of unbranched alkanes of at least 4 members (excludes halogenated alkanes) is 3. The van der Waals surface area contributed by atoms with Gasteiger partial charge in [0.1, 0.15) is 11.9 Å². The molecule has 0 spiro atoms. The summed E-state index contributed by atoms with van der Waals surface area (Å²) in [6.45, 7) is 4.40. The van der Waals surface area contributed by atoms with Crippen molar-refractivity contribution in [1.29, 1.82) is 0 Å². The van der Waals surface area contributed by atoms with E-state index in [0.29, 0.717) is 6.61 Å². The Balaban J connectivity index is 1.47. The third-order valence-electron chi connectivity index (χ3n) is 4.91. The number of nitrogens with zero attached hydrogens (tertiary/aromatic N) is 2. The second kappa shape index (κ2) is 13.3. The van der Waals surface area contributed by atoms with Gasteiger partial charge in [0, 0.05) is 28.6 Å². The summed E-state index contributed by atoms with van der Waals surface area (Å²) in [5, 5.41) is 0.557. The fourth-order valence-corrected chi connectivity index (χ4v) is 4.71. The summed E-state index contributed by atoms with van der Waals surface area (Å²) >= 11 is 3.22. The number of esters is 1. The molecule has 0 aliphatic rings. The summed E-state index contributed by atoms with van der Waals surface area (Å²) in [4.78, 5) is 22.3. The van der Waals surface area contributed by atoms with Gasteiger partial charge in [-0.15, -0.1) is 11.8 Å². The van der Waals surface area contributed by atoms with Gasteiger partial charge in [-0.1, -0.05) is 80.4 Å². The molecular weight excluding hydrogens is 436 g/mol. The maximum atomic E-state index is 12.3. The molecule has 6 heteroatoms. The van der Waals surface area contributed by atoms with Crippen LogP contribution in [0.5, 0.6) is 0 Å². The Bertz CT molecular complexity index is 948. The molecule has 0 saturated carbocycles. The van der Waals surface area contributed by atoms with Gasteiger partial charge in [0.05, 0.1) is 0 Å². The third kappa shape index (κ3) is 7.99. The zero-order chi connectivity index (χ0) is 22.6. The van der Waals surface area contributed by atoms with Gasteiger partial charge in [0.2, 0.25) is 0 Å². The van der Waals surface area contributed by atoms with Crippen LogP contribution in [0.25, 0.3) is 11.1 Å². The average molecular weight is 467 g/mol. The topological polar surface area (TPSA) is 52.1 Å². The van der Waals surface area contributed by atoms with E-state index in [1.165, 1.54) is 37.4 Å². The zero-order valence-electron chi connectivity index (χ0n) is 18.7. The van der Waals surface area contributed by atoms with Crippen LogP contribution in [0, 0.1) is 0 Å². The van der Waals surface area contributed by atoms with Gasteiger partial charge in [-0.2, -0.15) is 0 Å². The molecule has 4 nitrogen and oxygen atoms in total. The van der Waals surface area contributed by atoms with Crippen molar-refractivity contribution < 1.29 is 9.53 Å². The van der Waals surface area contributed by atoms with Crippen LogP contribution >= 0.6 is 23.5 Å². The highest BCUT2D eigenvalue weighted by molar-refractivity contribution is 8.00. The summed E-state index contributed by atoms with van der Waals surface area (Å²) in [5.41, 5.74) is 3.05. The van der Waals surface area contributed by atoms with Crippen LogP contribution in [0.4, 0.5) is 0 Å². The minimum Gasteiger partial charge on any atom is -0.460 e. The number of ether oxygens (including phenoxy) is 1. The molecule has 0 unspecified atom stereocenters. The number of aromatic nitrogens is 2. The molecule has 0 aliphatic heterocycles. The first-order valence-corrected chi connectivity index (χ1v) is 12.9. The van der Waals surface area contributed by atoms with Crippen molar-refractivity contribution in [2.45, 2.75) is 61.4 Å². The maximum Gasteiger partial charge on any atom is 0.319 e. The SMILES string of the molecule is CCCCCCSc1ncc(-c2ccc(S[C@H](C)C(=O)OCc3ccccc3)cc2)cn1. The van der Waals surface area contributed by atoms with Crippen molar-refractivity contribution >= 4 is 29.5 Å². The van der Waals surface area contributed by atoms with Gasteiger partial charge in [-0.3, -0.25) is 4.79 Å². The first kappa shape index (κ1) is 24.3. The van der Waals surface area contributed by atoms with Crippen LogP contribution < -0.4 is 0 Å². The lowest BCUT2D eigenvalue weighted by Gasteiger charge is -2.12. The minimum atomic E-state index is -0.276. The highest BCUT2D eigenvalue weighted by atomic mass is 32.2. The van der Waals surface area contributed by atoms with Gasteiger partial charge in [0.15, 0.2) is 5.16 Å². The number of hydrogen-bond acceptors (Lipinski definition) is 6. The second-order valence-electron chi connectivity index (χ2n) is 7.54. The Labute approximate surface area is 199 Å². The van der Waals surface area contributed by atoms with Gasteiger partial charge in [-0.05, 0) is 36.6 Å². The number of carbonyl (C=O) groups excluding carboxylic acids is 1. The lowest BCUT2D eigenvalue weighted by Crippen LogP contribution is -2.16. The van der Waals surface area contributed by atoms with E-state index >= 15 is 0 Å². The van der Waals surface area contributed by atoms with Crippen molar-refractivity contribution in [3.05, 3.63) is 72.6 Å². The van der Waals surface area contributed by atoms with Gasteiger partial charge in [0.25, 0.3) is 0 Å². The fraction of sp³-hybridized carbons (Fsp3) is 0.346. The number of carbonyl (C=O) groups is 1. The van der Waals surface area contributed by atoms with Crippen LogP contribution in [0.3, 0.4) is 0 Å². The van der Waals surface area contributed by atoms with Crippen molar-refractivity contribution in [2.75, 3.05) is 5.75 Å². The fourth-order valence-electron chi connectivity index (χ4n) is 3.06. The van der Waals surface area contributed by atoms with Gasteiger partial charge < -0.3 is 4.74 Å². The summed E-state index contributed by atoms with van der Waals surface area (Å²) in [7, 11) is 0. The molecule has 0 saturated heterocycles. The average Bonchev–Trinajstić information content (AvgIpc) is 2.84. The minimum absolute atomic E-state index is 0.209. The zero-order valence-corrected chi connectivity index (χ0v) is 20.3. The van der Waals surface area contributed by atoms with Crippen LogP contribution in [-0.2, 0) is 16.1 Å². The number of benzene rings is 2. The molecule has 1 heterocycles. The predicted octanol–water partition coefficient (Wildman–Crippen LogP) is 7.04. The highest BCUT2D eigenvalue weighted by Gasteiger charge is 2.16. The van der Waals surface area contributed by atoms with E-state index in [1.807, 2.05) is 73.9 Å². The molecule has 1 atom stereocenters. The molecule has 0 radical (unpaired) electrons. The van der Waals surface area contributed by atoms with E-state index in [9.17, 15) is 4.79 Å². The molecule has 3 rings (SSSR count). The highest BCUT2D eigenvalue weighted by Crippen LogP contribution is 2.28. The summed E-state index contributed by atoms with van der Waals surface area (Å²) in [5.74, 6) is 0.858. The predicted molar refractivity (Wildman–Crippen MR) is 134 cm³/mol.